The summed E-state index contributed by atoms with van der Waals surface area (Å²) in [6.07, 6.45) is 8.60. The lowest BCUT2D eigenvalue weighted by Gasteiger charge is -2.45. The van der Waals surface area contributed by atoms with Crippen molar-refractivity contribution in [3.8, 4) is 0 Å². The Labute approximate surface area is 105 Å². The number of nitrogens with zero attached hydrogens (tertiary/aromatic N) is 1. The first-order chi connectivity index (χ1) is 8.27. The van der Waals surface area contributed by atoms with E-state index >= 15 is 0 Å². The first-order valence-electron chi connectivity index (χ1n) is 7.28. The maximum absolute atomic E-state index is 12.5. The van der Waals surface area contributed by atoms with Crippen LogP contribution in [0.4, 0.5) is 0 Å². The Hall–Kier alpha value is -0.570. The highest BCUT2D eigenvalue weighted by atomic mass is 16.2. The molecule has 17 heavy (non-hydrogen) atoms. The summed E-state index contributed by atoms with van der Waals surface area (Å²) in [5, 5.41) is 0. The van der Waals surface area contributed by atoms with Gasteiger partial charge in [-0.15, -0.1) is 0 Å². The van der Waals surface area contributed by atoms with Gasteiger partial charge in [-0.25, -0.2) is 0 Å². The third kappa shape index (κ3) is 2.65. The molecule has 1 unspecified atom stereocenters. The zero-order valence-electron chi connectivity index (χ0n) is 11.0. The first kappa shape index (κ1) is 12.9. The summed E-state index contributed by atoms with van der Waals surface area (Å²) in [4.78, 5) is 14.6. The Morgan fingerprint density at radius 1 is 1.29 bits per heavy atom. The van der Waals surface area contributed by atoms with E-state index in [9.17, 15) is 4.79 Å². The summed E-state index contributed by atoms with van der Waals surface area (Å²) < 4.78 is 0. The van der Waals surface area contributed by atoms with Gasteiger partial charge in [-0.1, -0.05) is 19.8 Å². The molecule has 0 bridgehead atoms. The Kier molecular flexibility index (Phi) is 4.43. The van der Waals surface area contributed by atoms with Crippen molar-refractivity contribution in [1.82, 2.24) is 4.90 Å². The fourth-order valence-electron chi connectivity index (χ4n) is 3.58. The molecule has 1 amide bonds. The largest absolute Gasteiger partial charge is 0.339 e. The van der Waals surface area contributed by atoms with E-state index in [2.05, 4.69) is 11.8 Å². The quantitative estimate of drug-likeness (QED) is 0.819. The van der Waals surface area contributed by atoms with E-state index in [1.165, 1.54) is 38.5 Å². The molecule has 2 aliphatic rings. The molecule has 2 N–H and O–H groups in total. The van der Waals surface area contributed by atoms with E-state index < -0.39 is 0 Å². The summed E-state index contributed by atoms with van der Waals surface area (Å²) in [5.74, 6) is 1.15. The molecule has 1 saturated heterocycles. The van der Waals surface area contributed by atoms with Gasteiger partial charge in [0.15, 0.2) is 0 Å². The van der Waals surface area contributed by atoms with E-state index in [0.717, 1.165) is 18.9 Å². The standard InChI is InChI=1S/C14H26N2O/c1-2-11(10-15)14(17)16-9-5-7-12-6-3-4-8-13(12)16/h11-13H,2-10,15H2,1H3/t11?,12-,13-/m1/s1. The summed E-state index contributed by atoms with van der Waals surface area (Å²) >= 11 is 0. The van der Waals surface area contributed by atoms with Gasteiger partial charge >= 0.3 is 0 Å². The first-order valence-corrected chi connectivity index (χ1v) is 7.28. The number of nitrogens with two attached hydrogens (primary N) is 1. The van der Waals surface area contributed by atoms with Crippen LogP contribution in [0, 0.1) is 11.8 Å². The molecular weight excluding hydrogens is 212 g/mol. The molecule has 0 aromatic rings. The molecule has 2 rings (SSSR count). The van der Waals surface area contributed by atoms with Crippen LogP contribution in [0.2, 0.25) is 0 Å². The molecule has 3 nitrogen and oxygen atoms in total. The van der Waals surface area contributed by atoms with Crippen LogP contribution in [0.15, 0.2) is 0 Å². The van der Waals surface area contributed by atoms with E-state index in [1.807, 2.05) is 0 Å². The minimum absolute atomic E-state index is 0.0516. The van der Waals surface area contributed by atoms with Gasteiger partial charge in [0, 0.05) is 19.1 Å². The van der Waals surface area contributed by atoms with Gasteiger partial charge in [0.2, 0.25) is 5.91 Å². The van der Waals surface area contributed by atoms with Gasteiger partial charge in [-0.05, 0) is 38.0 Å². The molecule has 1 aliphatic heterocycles. The van der Waals surface area contributed by atoms with Crippen LogP contribution in [0.25, 0.3) is 0 Å². The van der Waals surface area contributed by atoms with E-state index in [4.69, 9.17) is 5.73 Å². The number of hydrogen-bond donors (Lipinski definition) is 1. The second kappa shape index (κ2) is 5.85. The Morgan fingerprint density at radius 3 is 2.71 bits per heavy atom. The van der Waals surface area contributed by atoms with Crippen molar-refractivity contribution in [2.75, 3.05) is 13.1 Å². The lowest BCUT2D eigenvalue weighted by Crippen LogP contribution is -2.52. The van der Waals surface area contributed by atoms with Gasteiger partial charge in [-0.2, -0.15) is 0 Å². The van der Waals surface area contributed by atoms with Crippen LogP contribution in [-0.4, -0.2) is 29.9 Å². The van der Waals surface area contributed by atoms with Crippen LogP contribution in [-0.2, 0) is 4.79 Å². The number of piperidine rings is 1. The van der Waals surface area contributed by atoms with Crippen LogP contribution in [0.5, 0.6) is 0 Å². The monoisotopic (exact) mass is 238 g/mol. The van der Waals surface area contributed by atoms with Gasteiger partial charge in [0.05, 0.1) is 5.92 Å². The van der Waals surface area contributed by atoms with Crippen molar-refractivity contribution < 1.29 is 4.79 Å². The summed E-state index contributed by atoms with van der Waals surface area (Å²) in [7, 11) is 0. The maximum atomic E-state index is 12.5. The lowest BCUT2D eigenvalue weighted by molar-refractivity contribution is -0.141. The molecule has 1 heterocycles. The summed E-state index contributed by atoms with van der Waals surface area (Å²) in [6.45, 7) is 3.54. The van der Waals surface area contributed by atoms with Crippen molar-refractivity contribution in [3.63, 3.8) is 0 Å². The van der Waals surface area contributed by atoms with Crippen molar-refractivity contribution >= 4 is 5.91 Å². The summed E-state index contributed by atoms with van der Waals surface area (Å²) in [6, 6.07) is 0.533. The van der Waals surface area contributed by atoms with Gasteiger partial charge in [0.1, 0.15) is 0 Å². The second-order valence-corrected chi connectivity index (χ2v) is 5.63. The van der Waals surface area contributed by atoms with Gasteiger partial charge in [-0.3, -0.25) is 4.79 Å². The Balaban J connectivity index is 2.05. The van der Waals surface area contributed by atoms with E-state index in [1.54, 1.807) is 0 Å². The Bertz CT molecular complexity index is 261. The number of fused-ring (bicyclic) bond motifs is 1. The topological polar surface area (TPSA) is 46.3 Å². The van der Waals surface area contributed by atoms with Gasteiger partial charge < -0.3 is 10.6 Å². The molecule has 0 spiro atoms. The lowest BCUT2D eigenvalue weighted by atomic mass is 9.78. The van der Waals surface area contributed by atoms with Gasteiger partial charge in [0.25, 0.3) is 0 Å². The number of carbonyl (C=O) groups is 1. The highest BCUT2D eigenvalue weighted by Gasteiger charge is 2.37. The smallest absolute Gasteiger partial charge is 0.227 e. The van der Waals surface area contributed by atoms with E-state index in [-0.39, 0.29) is 5.92 Å². The predicted molar refractivity (Wildman–Crippen MR) is 69.5 cm³/mol. The van der Waals surface area contributed by atoms with Crippen LogP contribution in [0.3, 0.4) is 0 Å². The number of amides is 1. The molecular formula is C14H26N2O. The van der Waals surface area contributed by atoms with Crippen molar-refractivity contribution in [2.45, 2.75) is 57.9 Å². The average Bonchev–Trinajstić information content (AvgIpc) is 2.39. The van der Waals surface area contributed by atoms with Crippen LogP contribution in [0.1, 0.15) is 51.9 Å². The van der Waals surface area contributed by atoms with Crippen LogP contribution < -0.4 is 5.73 Å². The predicted octanol–water partition coefficient (Wildman–Crippen LogP) is 2.15. The maximum Gasteiger partial charge on any atom is 0.227 e. The molecule has 98 valence electrons. The molecule has 1 saturated carbocycles. The molecule has 3 atom stereocenters. The zero-order valence-corrected chi connectivity index (χ0v) is 11.0. The number of rotatable bonds is 3. The molecule has 0 aromatic heterocycles. The minimum Gasteiger partial charge on any atom is -0.339 e. The van der Waals surface area contributed by atoms with E-state index in [0.29, 0.717) is 18.5 Å². The Morgan fingerprint density at radius 2 is 2.00 bits per heavy atom. The molecule has 0 aromatic carbocycles. The number of hydrogen-bond acceptors (Lipinski definition) is 2. The number of carbonyl (C=O) groups excluding carboxylic acids is 1. The molecule has 3 heteroatoms. The minimum atomic E-state index is 0.0516. The molecule has 2 fully saturated rings. The zero-order chi connectivity index (χ0) is 12.3. The molecule has 1 aliphatic carbocycles. The fourth-order valence-corrected chi connectivity index (χ4v) is 3.58. The molecule has 0 radical (unpaired) electrons. The third-order valence-electron chi connectivity index (χ3n) is 4.65. The SMILES string of the molecule is CCC(CN)C(=O)N1CCC[C@H]2CCCC[C@H]21. The average molecular weight is 238 g/mol. The van der Waals surface area contributed by atoms with Crippen molar-refractivity contribution in [2.24, 2.45) is 17.6 Å². The fraction of sp³-hybridized carbons (Fsp3) is 0.929. The summed E-state index contributed by atoms with van der Waals surface area (Å²) in [5.41, 5.74) is 5.71. The highest BCUT2D eigenvalue weighted by Crippen LogP contribution is 2.35. The normalized spacial score (nSPS) is 30.8. The highest BCUT2D eigenvalue weighted by molar-refractivity contribution is 5.79. The number of likely N-dealkylation sites (tertiary alicyclic amines) is 1. The third-order valence-corrected chi connectivity index (χ3v) is 4.65. The van der Waals surface area contributed by atoms with Crippen molar-refractivity contribution in [1.29, 1.82) is 0 Å². The van der Waals surface area contributed by atoms with Crippen molar-refractivity contribution in [3.05, 3.63) is 0 Å². The van der Waals surface area contributed by atoms with Crippen LogP contribution >= 0.6 is 0 Å². The second-order valence-electron chi connectivity index (χ2n) is 5.63.